The van der Waals surface area contributed by atoms with E-state index in [0.717, 1.165) is 10.6 Å². The first-order chi connectivity index (χ1) is 13.0. The Morgan fingerprint density at radius 2 is 1.85 bits per heavy atom. The molecule has 0 unspecified atom stereocenters. The van der Waals surface area contributed by atoms with Crippen molar-refractivity contribution in [3.05, 3.63) is 41.1 Å². The number of carbonyl (C=O) groups excluding carboxylic acids is 3. The molecule has 1 heterocycles. The Balaban J connectivity index is 2.23. The maximum atomic E-state index is 12.5. The van der Waals surface area contributed by atoms with Crippen LogP contribution < -0.4 is 10.6 Å². The van der Waals surface area contributed by atoms with Gasteiger partial charge in [-0.25, -0.2) is 14.4 Å². The van der Waals surface area contributed by atoms with Crippen molar-refractivity contribution in [2.75, 3.05) is 19.0 Å². The minimum absolute atomic E-state index is 0.210. The molecule has 1 aliphatic heterocycles. The van der Waals surface area contributed by atoms with E-state index >= 15 is 0 Å². The first kappa shape index (κ1) is 20.8. The topological polar surface area (TPSA) is 93.7 Å². The van der Waals surface area contributed by atoms with E-state index in [1.54, 1.807) is 30.8 Å². The Bertz CT molecular complexity index is 747. The number of ether oxygens (including phenoxy) is 2. The summed E-state index contributed by atoms with van der Waals surface area (Å²) in [5.41, 5.74) is 0.982. The van der Waals surface area contributed by atoms with Crippen molar-refractivity contribution in [3.8, 4) is 0 Å². The third-order valence-corrected chi connectivity index (χ3v) is 4.86. The highest BCUT2D eigenvalue weighted by molar-refractivity contribution is 7.99. The van der Waals surface area contributed by atoms with Gasteiger partial charge in [0.05, 0.1) is 29.5 Å². The summed E-state index contributed by atoms with van der Waals surface area (Å²) >= 11 is 1.54. The van der Waals surface area contributed by atoms with Crippen molar-refractivity contribution < 1.29 is 23.9 Å². The molecular formula is C19H24N2O5S. The smallest absolute Gasteiger partial charge is 0.339 e. The van der Waals surface area contributed by atoms with Crippen molar-refractivity contribution in [2.45, 2.75) is 38.1 Å². The number of nitrogens with one attached hydrogen (secondary N) is 2. The molecule has 7 nitrogen and oxygen atoms in total. The van der Waals surface area contributed by atoms with Gasteiger partial charge in [0, 0.05) is 4.90 Å². The zero-order valence-corrected chi connectivity index (χ0v) is 16.5. The summed E-state index contributed by atoms with van der Waals surface area (Å²) in [6.07, 6.45) is 0.509. The molecule has 0 spiro atoms. The van der Waals surface area contributed by atoms with Crippen LogP contribution in [0.5, 0.6) is 0 Å². The first-order valence-corrected chi connectivity index (χ1v) is 9.86. The van der Waals surface area contributed by atoms with E-state index in [1.165, 1.54) is 0 Å². The van der Waals surface area contributed by atoms with Crippen LogP contribution in [0.2, 0.25) is 0 Å². The molecule has 1 atom stereocenters. The van der Waals surface area contributed by atoms with Gasteiger partial charge in [-0.1, -0.05) is 26.0 Å². The SMILES string of the molecule is CCOC(=O)C1=C(COC(=O)c2ccccc2SCC)NC(=O)N[C@H]1CC. The number of urea groups is 1. The Morgan fingerprint density at radius 1 is 1.11 bits per heavy atom. The van der Waals surface area contributed by atoms with Crippen LogP contribution in [-0.4, -0.2) is 43.0 Å². The van der Waals surface area contributed by atoms with Gasteiger partial charge in [-0.15, -0.1) is 11.8 Å². The second-order valence-corrected chi connectivity index (χ2v) is 6.98. The van der Waals surface area contributed by atoms with E-state index in [2.05, 4.69) is 10.6 Å². The number of hydrogen-bond donors (Lipinski definition) is 2. The molecule has 0 saturated heterocycles. The standard InChI is InChI=1S/C19H24N2O5S/c1-4-13-16(18(23)25-5-2)14(21-19(24)20-13)11-26-17(22)12-9-7-8-10-15(12)27-6-3/h7-10,13H,4-6,11H2,1-3H3,(H2,20,21,24)/t13-/m0/s1. The normalized spacial score (nSPS) is 16.4. The van der Waals surface area contributed by atoms with Crippen molar-refractivity contribution in [1.29, 1.82) is 0 Å². The number of carbonyl (C=O) groups is 3. The monoisotopic (exact) mass is 392 g/mol. The second kappa shape index (κ2) is 10.0. The lowest BCUT2D eigenvalue weighted by Crippen LogP contribution is -2.51. The van der Waals surface area contributed by atoms with E-state index in [9.17, 15) is 14.4 Å². The van der Waals surface area contributed by atoms with E-state index in [4.69, 9.17) is 9.47 Å². The van der Waals surface area contributed by atoms with Gasteiger partial charge in [0.1, 0.15) is 6.61 Å². The quantitative estimate of drug-likeness (QED) is 0.522. The molecular weight excluding hydrogens is 368 g/mol. The highest BCUT2D eigenvalue weighted by atomic mass is 32.2. The van der Waals surface area contributed by atoms with Gasteiger partial charge in [-0.2, -0.15) is 0 Å². The summed E-state index contributed by atoms with van der Waals surface area (Å²) in [4.78, 5) is 37.5. The first-order valence-electron chi connectivity index (χ1n) is 8.88. The average Bonchev–Trinajstić information content (AvgIpc) is 2.66. The van der Waals surface area contributed by atoms with Crippen molar-refractivity contribution in [2.24, 2.45) is 0 Å². The molecule has 146 valence electrons. The highest BCUT2D eigenvalue weighted by Crippen LogP contribution is 2.23. The maximum absolute atomic E-state index is 12.5. The molecule has 1 aromatic carbocycles. The number of amides is 2. The Labute approximate surface area is 162 Å². The van der Waals surface area contributed by atoms with E-state index in [0.29, 0.717) is 12.0 Å². The fourth-order valence-electron chi connectivity index (χ4n) is 2.71. The van der Waals surface area contributed by atoms with Gasteiger partial charge in [-0.3, -0.25) is 0 Å². The molecule has 0 fully saturated rings. The molecule has 2 rings (SSSR count). The molecule has 0 bridgehead atoms. The van der Waals surface area contributed by atoms with Crippen LogP contribution in [0.3, 0.4) is 0 Å². The summed E-state index contributed by atoms with van der Waals surface area (Å²) in [6, 6.07) is 6.23. The van der Waals surface area contributed by atoms with Crippen LogP contribution in [0, 0.1) is 0 Å². The fraction of sp³-hybridized carbons (Fsp3) is 0.421. The van der Waals surface area contributed by atoms with Crippen LogP contribution in [0.4, 0.5) is 4.79 Å². The molecule has 0 aromatic heterocycles. The predicted octanol–water partition coefficient (Wildman–Crippen LogP) is 2.86. The highest BCUT2D eigenvalue weighted by Gasteiger charge is 2.32. The number of rotatable bonds is 8. The number of esters is 2. The largest absolute Gasteiger partial charge is 0.463 e. The summed E-state index contributed by atoms with van der Waals surface area (Å²) < 4.78 is 10.5. The van der Waals surface area contributed by atoms with E-state index in [1.807, 2.05) is 26.0 Å². The summed E-state index contributed by atoms with van der Waals surface area (Å²) in [5.74, 6) is -0.226. The molecule has 2 N–H and O–H groups in total. The Kier molecular flexibility index (Phi) is 7.72. The predicted molar refractivity (Wildman–Crippen MR) is 103 cm³/mol. The van der Waals surface area contributed by atoms with Crippen molar-refractivity contribution >= 4 is 29.7 Å². The number of hydrogen-bond acceptors (Lipinski definition) is 6. The van der Waals surface area contributed by atoms with Crippen LogP contribution in [0.15, 0.2) is 40.4 Å². The third kappa shape index (κ3) is 5.26. The Hall–Kier alpha value is -2.48. The van der Waals surface area contributed by atoms with Gasteiger partial charge < -0.3 is 20.1 Å². The molecule has 2 amide bonds. The molecule has 8 heteroatoms. The Morgan fingerprint density at radius 3 is 2.52 bits per heavy atom. The summed E-state index contributed by atoms with van der Waals surface area (Å²) in [5, 5.41) is 5.24. The lowest BCUT2D eigenvalue weighted by atomic mass is 10.0. The number of benzene rings is 1. The lowest BCUT2D eigenvalue weighted by Gasteiger charge is -2.28. The molecule has 0 aliphatic carbocycles. The molecule has 1 aromatic rings. The summed E-state index contributed by atoms with van der Waals surface area (Å²) in [7, 11) is 0. The molecule has 1 aliphatic rings. The minimum atomic E-state index is -0.537. The second-order valence-electron chi connectivity index (χ2n) is 5.68. The van der Waals surface area contributed by atoms with E-state index in [-0.39, 0.29) is 24.5 Å². The zero-order valence-electron chi connectivity index (χ0n) is 15.7. The molecule has 0 radical (unpaired) electrons. The van der Waals surface area contributed by atoms with Gasteiger partial charge in [0.25, 0.3) is 0 Å². The molecule has 0 saturated carbocycles. The zero-order chi connectivity index (χ0) is 19.8. The lowest BCUT2D eigenvalue weighted by molar-refractivity contribution is -0.139. The van der Waals surface area contributed by atoms with Crippen molar-refractivity contribution in [1.82, 2.24) is 10.6 Å². The molecule has 27 heavy (non-hydrogen) atoms. The van der Waals surface area contributed by atoms with Crippen LogP contribution >= 0.6 is 11.8 Å². The van der Waals surface area contributed by atoms with Crippen LogP contribution in [0.1, 0.15) is 37.6 Å². The van der Waals surface area contributed by atoms with Gasteiger partial charge in [0.15, 0.2) is 0 Å². The van der Waals surface area contributed by atoms with Crippen LogP contribution in [0.25, 0.3) is 0 Å². The van der Waals surface area contributed by atoms with Crippen LogP contribution in [-0.2, 0) is 14.3 Å². The third-order valence-electron chi connectivity index (χ3n) is 3.90. The average molecular weight is 392 g/mol. The number of thioether (sulfide) groups is 1. The maximum Gasteiger partial charge on any atom is 0.339 e. The van der Waals surface area contributed by atoms with Gasteiger partial charge in [0.2, 0.25) is 0 Å². The minimum Gasteiger partial charge on any atom is -0.463 e. The van der Waals surface area contributed by atoms with Crippen molar-refractivity contribution in [3.63, 3.8) is 0 Å². The fourth-order valence-corrected chi connectivity index (χ4v) is 3.50. The van der Waals surface area contributed by atoms with Gasteiger partial charge in [-0.05, 0) is 31.2 Å². The van der Waals surface area contributed by atoms with Gasteiger partial charge >= 0.3 is 18.0 Å². The summed E-state index contributed by atoms with van der Waals surface area (Å²) in [6.45, 7) is 5.54. The van der Waals surface area contributed by atoms with E-state index < -0.39 is 24.0 Å².